The average Bonchev–Trinajstić information content (AvgIpc) is 3.21. The number of anilines is 1. The number of nitrogen functional groups attached to an aromatic ring is 1. The molecule has 0 saturated heterocycles. The number of nitrogens with two attached hydrogens (primary N) is 1. The first-order valence-corrected chi connectivity index (χ1v) is 6.62. The van der Waals surface area contributed by atoms with Gasteiger partial charge < -0.3 is 10.6 Å². The highest BCUT2D eigenvalue weighted by molar-refractivity contribution is 5.99. The number of benzene rings is 1. The lowest BCUT2D eigenvalue weighted by Crippen LogP contribution is -2.45. The van der Waals surface area contributed by atoms with Gasteiger partial charge in [0, 0.05) is 6.04 Å². The van der Waals surface area contributed by atoms with Crippen LogP contribution in [0.15, 0.2) is 18.2 Å². The molecule has 0 spiro atoms. The van der Waals surface area contributed by atoms with Crippen LogP contribution in [-0.2, 0) is 0 Å². The molecule has 116 valence electrons. The second-order valence-electron chi connectivity index (χ2n) is 5.33. The fourth-order valence-corrected chi connectivity index (χ4v) is 2.31. The highest BCUT2D eigenvalue weighted by Crippen LogP contribution is 2.37. The number of para-hydroxylation sites is 1. The summed E-state index contributed by atoms with van der Waals surface area (Å²) in [6.07, 6.45) is -2.93. The van der Waals surface area contributed by atoms with Crippen LogP contribution in [0.3, 0.4) is 0 Å². The van der Waals surface area contributed by atoms with E-state index in [2.05, 4.69) is 0 Å². The highest BCUT2D eigenvalue weighted by Gasteiger charge is 2.41. The summed E-state index contributed by atoms with van der Waals surface area (Å²) in [5.41, 5.74) is 4.82. The van der Waals surface area contributed by atoms with Crippen molar-refractivity contribution in [3.63, 3.8) is 0 Å². The normalized spacial score (nSPS) is 16.6. The average molecular weight is 304 g/mol. The van der Waals surface area contributed by atoms with E-state index in [4.69, 9.17) is 5.73 Å². The van der Waals surface area contributed by atoms with E-state index < -0.39 is 36.2 Å². The number of amides is 1. The molecule has 0 heterocycles. The lowest BCUT2D eigenvalue weighted by Gasteiger charge is -2.30. The molecule has 1 amide bonds. The van der Waals surface area contributed by atoms with Gasteiger partial charge >= 0.3 is 6.18 Å². The van der Waals surface area contributed by atoms with Gasteiger partial charge in [0.15, 0.2) is 0 Å². The topological polar surface area (TPSA) is 46.3 Å². The molecule has 0 aliphatic heterocycles. The van der Waals surface area contributed by atoms with E-state index in [1.54, 1.807) is 6.92 Å². The number of hydrogen-bond donors (Lipinski definition) is 1. The van der Waals surface area contributed by atoms with Gasteiger partial charge in [-0.3, -0.25) is 4.79 Å². The minimum atomic E-state index is -4.51. The Balaban J connectivity index is 2.30. The first-order chi connectivity index (χ1) is 9.70. The number of alkyl halides is 3. The zero-order chi connectivity index (χ0) is 15.8. The number of carbonyl (C=O) groups is 1. The van der Waals surface area contributed by atoms with Crippen LogP contribution >= 0.6 is 0 Å². The SMILES string of the molecule is CC(C1CC1)N(CC(F)(F)F)C(=O)c1cccc(F)c1N. The molecule has 0 aromatic heterocycles. The third kappa shape index (κ3) is 3.65. The summed E-state index contributed by atoms with van der Waals surface area (Å²) in [6, 6.07) is 3.00. The first kappa shape index (κ1) is 15.6. The Morgan fingerprint density at radius 2 is 2.05 bits per heavy atom. The van der Waals surface area contributed by atoms with Gasteiger partial charge in [-0.1, -0.05) is 6.07 Å². The predicted molar refractivity (Wildman–Crippen MR) is 70.1 cm³/mol. The van der Waals surface area contributed by atoms with Crippen LogP contribution in [0, 0.1) is 11.7 Å². The summed E-state index contributed by atoms with van der Waals surface area (Å²) >= 11 is 0. The molecule has 0 bridgehead atoms. The minimum Gasteiger partial charge on any atom is -0.396 e. The zero-order valence-corrected chi connectivity index (χ0v) is 11.5. The van der Waals surface area contributed by atoms with E-state index in [0.717, 1.165) is 23.8 Å². The summed E-state index contributed by atoms with van der Waals surface area (Å²) in [5, 5.41) is 0. The Morgan fingerprint density at radius 1 is 1.43 bits per heavy atom. The molecule has 7 heteroatoms. The monoisotopic (exact) mass is 304 g/mol. The van der Waals surface area contributed by atoms with E-state index >= 15 is 0 Å². The summed E-state index contributed by atoms with van der Waals surface area (Å²) < 4.78 is 51.5. The second-order valence-corrected chi connectivity index (χ2v) is 5.33. The molecular weight excluding hydrogens is 288 g/mol. The van der Waals surface area contributed by atoms with Crippen LogP contribution in [0.5, 0.6) is 0 Å². The largest absolute Gasteiger partial charge is 0.406 e. The van der Waals surface area contributed by atoms with Crippen LogP contribution < -0.4 is 5.73 Å². The van der Waals surface area contributed by atoms with E-state index in [1.807, 2.05) is 0 Å². The first-order valence-electron chi connectivity index (χ1n) is 6.62. The van der Waals surface area contributed by atoms with Crippen LogP contribution in [0.4, 0.5) is 23.2 Å². The summed E-state index contributed by atoms with van der Waals surface area (Å²) in [6.45, 7) is 0.218. The second kappa shape index (κ2) is 5.54. The molecule has 1 aliphatic rings. The van der Waals surface area contributed by atoms with Crippen molar-refractivity contribution in [1.29, 1.82) is 0 Å². The van der Waals surface area contributed by atoms with Crippen LogP contribution in [0.25, 0.3) is 0 Å². The maximum atomic E-state index is 13.4. The molecule has 1 unspecified atom stereocenters. The summed E-state index contributed by atoms with van der Waals surface area (Å²) in [4.78, 5) is 13.1. The van der Waals surface area contributed by atoms with E-state index in [0.29, 0.717) is 0 Å². The van der Waals surface area contributed by atoms with Crippen molar-refractivity contribution in [3.8, 4) is 0 Å². The molecule has 2 rings (SSSR count). The van der Waals surface area contributed by atoms with Crippen molar-refractivity contribution in [3.05, 3.63) is 29.6 Å². The Kier molecular flexibility index (Phi) is 4.11. The van der Waals surface area contributed by atoms with Crippen molar-refractivity contribution in [1.82, 2.24) is 4.90 Å². The molecule has 2 N–H and O–H groups in total. The smallest absolute Gasteiger partial charge is 0.396 e. The molecule has 1 aromatic carbocycles. The molecule has 0 radical (unpaired) electrons. The molecular formula is C14H16F4N2O. The van der Waals surface area contributed by atoms with Gasteiger partial charge in [-0.2, -0.15) is 13.2 Å². The van der Waals surface area contributed by atoms with Crippen molar-refractivity contribution < 1.29 is 22.4 Å². The Bertz CT molecular complexity index is 540. The van der Waals surface area contributed by atoms with Crippen molar-refractivity contribution in [2.24, 2.45) is 5.92 Å². The molecule has 21 heavy (non-hydrogen) atoms. The quantitative estimate of drug-likeness (QED) is 0.686. The van der Waals surface area contributed by atoms with E-state index in [9.17, 15) is 22.4 Å². The van der Waals surface area contributed by atoms with Gasteiger partial charge in [0.25, 0.3) is 5.91 Å². The van der Waals surface area contributed by atoms with Gasteiger partial charge in [-0.05, 0) is 37.8 Å². The lowest BCUT2D eigenvalue weighted by molar-refractivity contribution is -0.144. The molecule has 1 saturated carbocycles. The number of hydrogen-bond acceptors (Lipinski definition) is 2. The van der Waals surface area contributed by atoms with Crippen LogP contribution in [0.1, 0.15) is 30.1 Å². The van der Waals surface area contributed by atoms with Gasteiger partial charge in [0.2, 0.25) is 0 Å². The van der Waals surface area contributed by atoms with Gasteiger partial charge in [0.1, 0.15) is 12.4 Å². The van der Waals surface area contributed by atoms with Gasteiger partial charge in [0.05, 0.1) is 11.3 Å². The van der Waals surface area contributed by atoms with Gasteiger partial charge in [-0.15, -0.1) is 0 Å². The number of carbonyl (C=O) groups excluding carboxylic acids is 1. The van der Waals surface area contributed by atoms with Crippen molar-refractivity contribution in [2.45, 2.75) is 32.0 Å². The maximum absolute atomic E-state index is 13.4. The van der Waals surface area contributed by atoms with Crippen molar-refractivity contribution >= 4 is 11.6 Å². The summed E-state index contributed by atoms with van der Waals surface area (Å²) in [5.74, 6) is -1.64. The summed E-state index contributed by atoms with van der Waals surface area (Å²) in [7, 11) is 0. The molecule has 1 atom stereocenters. The maximum Gasteiger partial charge on any atom is 0.406 e. The Hall–Kier alpha value is -1.79. The zero-order valence-electron chi connectivity index (χ0n) is 11.5. The van der Waals surface area contributed by atoms with Crippen LogP contribution in [0.2, 0.25) is 0 Å². The minimum absolute atomic E-state index is 0.0612. The third-order valence-corrected chi connectivity index (χ3v) is 3.69. The number of nitrogens with zero attached hydrogens (tertiary/aromatic N) is 1. The third-order valence-electron chi connectivity index (χ3n) is 3.69. The fraction of sp³-hybridized carbons (Fsp3) is 0.500. The Labute approximate surface area is 119 Å². The molecule has 3 nitrogen and oxygen atoms in total. The van der Waals surface area contributed by atoms with E-state index in [-0.39, 0.29) is 11.5 Å². The fourth-order valence-electron chi connectivity index (χ4n) is 2.31. The van der Waals surface area contributed by atoms with Gasteiger partial charge in [-0.25, -0.2) is 4.39 Å². The van der Waals surface area contributed by atoms with Crippen LogP contribution in [-0.4, -0.2) is 29.6 Å². The lowest BCUT2D eigenvalue weighted by atomic mass is 10.1. The Morgan fingerprint density at radius 3 is 2.57 bits per heavy atom. The number of rotatable bonds is 4. The predicted octanol–water partition coefficient (Wildman–Crippen LogP) is 3.21. The standard InChI is InChI=1S/C14H16F4N2O/c1-8(9-5-6-9)20(7-14(16,17)18)13(21)10-3-2-4-11(15)12(10)19/h2-4,8-9H,5-7,19H2,1H3. The molecule has 1 aromatic rings. The van der Waals surface area contributed by atoms with Crippen molar-refractivity contribution in [2.75, 3.05) is 12.3 Å². The molecule has 1 fully saturated rings. The number of halogens is 4. The highest BCUT2D eigenvalue weighted by atomic mass is 19.4. The molecule has 1 aliphatic carbocycles. The van der Waals surface area contributed by atoms with E-state index in [1.165, 1.54) is 12.1 Å².